The molecule has 3 aromatic rings. The molecule has 2 N–H and O–H groups in total. The maximum atomic E-state index is 12.7. The smallest absolute Gasteiger partial charge is 0.260 e. The molecule has 0 radical (unpaired) electrons. The lowest BCUT2D eigenvalue weighted by Crippen LogP contribution is -2.29. The Balaban J connectivity index is 2.14. The number of fused-ring (bicyclic) bond motifs is 3. The predicted molar refractivity (Wildman–Crippen MR) is 112 cm³/mol. The Morgan fingerprint density at radius 3 is 2.56 bits per heavy atom. The van der Waals surface area contributed by atoms with Gasteiger partial charge < -0.3 is 15.0 Å². The zero-order chi connectivity index (χ0) is 19.7. The maximum Gasteiger partial charge on any atom is 0.260 e. The molecule has 1 atom stereocenters. The van der Waals surface area contributed by atoms with Crippen LogP contribution in [-0.2, 0) is 7.05 Å². The average molecular weight is 367 g/mol. The van der Waals surface area contributed by atoms with Gasteiger partial charge in [-0.1, -0.05) is 27.7 Å². The Labute approximate surface area is 160 Å². The SMILES string of the molecule is CC(C)CC(N)COc1cc2c(cc1C(C)C)c1ccncc1c(=O)n2C. The van der Waals surface area contributed by atoms with Crippen molar-refractivity contribution in [1.82, 2.24) is 9.55 Å². The molecule has 27 heavy (non-hydrogen) atoms. The number of rotatable bonds is 6. The van der Waals surface area contributed by atoms with E-state index >= 15 is 0 Å². The second kappa shape index (κ2) is 7.69. The fourth-order valence-electron chi connectivity index (χ4n) is 3.62. The van der Waals surface area contributed by atoms with Gasteiger partial charge in [-0.3, -0.25) is 9.78 Å². The number of nitrogens with two attached hydrogens (primary N) is 1. The standard InChI is InChI=1S/C22H29N3O2/c1-13(2)8-15(23)12-27-21-10-20-18(9-17(21)14(3)4)16-6-7-24-11-19(16)22(26)25(20)5/h6-7,9-11,13-15H,8,12,23H2,1-5H3. The molecule has 2 aromatic heterocycles. The number of aryl methyl sites for hydroxylation is 1. The summed E-state index contributed by atoms with van der Waals surface area (Å²) in [5.41, 5.74) is 8.13. The van der Waals surface area contributed by atoms with Crippen LogP contribution in [0.1, 0.15) is 45.6 Å². The summed E-state index contributed by atoms with van der Waals surface area (Å²) in [5, 5.41) is 2.60. The lowest BCUT2D eigenvalue weighted by Gasteiger charge is -2.20. The van der Waals surface area contributed by atoms with E-state index in [1.807, 2.05) is 12.1 Å². The van der Waals surface area contributed by atoms with Crippen molar-refractivity contribution in [3.63, 3.8) is 0 Å². The van der Waals surface area contributed by atoms with Gasteiger partial charge in [-0.2, -0.15) is 0 Å². The van der Waals surface area contributed by atoms with E-state index in [1.165, 1.54) is 0 Å². The van der Waals surface area contributed by atoms with Gasteiger partial charge in [0.1, 0.15) is 12.4 Å². The monoisotopic (exact) mass is 367 g/mol. The molecule has 0 aliphatic rings. The summed E-state index contributed by atoms with van der Waals surface area (Å²) in [4.78, 5) is 16.8. The van der Waals surface area contributed by atoms with Crippen LogP contribution in [0.5, 0.6) is 5.75 Å². The van der Waals surface area contributed by atoms with Crippen LogP contribution in [0.25, 0.3) is 21.7 Å². The van der Waals surface area contributed by atoms with Crippen LogP contribution >= 0.6 is 0 Å². The van der Waals surface area contributed by atoms with E-state index < -0.39 is 0 Å². The van der Waals surface area contributed by atoms with Crippen LogP contribution in [0.2, 0.25) is 0 Å². The highest BCUT2D eigenvalue weighted by Gasteiger charge is 2.16. The van der Waals surface area contributed by atoms with Crippen molar-refractivity contribution in [2.24, 2.45) is 18.7 Å². The van der Waals surface area contributed by atoms with Gasteiger partial charge in [-0.15, -0.1) is 0 Å². The van der Waals surface area contributed by atoms with Gasteiger partial charge in [0.2, 0.25) is 0 Å². The van der Waals surface area contributed by atoms with E-state index in [-0.39, 0.29) is 11.6 Å². The van der Waals surface area contributed by atoms with Crippen LogP contribution in [0.3, 0.4) is 0 Å². The minimum absolute atomic E-state index is 0.00722. The summed E-state index contributed by atoms with van der Waals surface area (Å²) in [6.45, 7) is 9.08. The fraction of sp³-hybridized carbons (Fsp3) is 0.455. The lowest BCUT2D eigenvalue weighted by molar-refractivity contribution is 0.268. The molecule has 3 rings (SSSR count). The Hall–Kier alpha value is -2.40. The Kier molecular flexibility index (Phi) is 5.51. The molecule has 5 nitrogen and oxygen atoms in total. The zero-order valence-electron chi connectivity index (χ0n) is 16.8. The van der Waals surface area contributed by atoms with E-state index in [1.54, 1.807) is 24.0 Å². The third kappa shape index (κ3) is 3.83. The summed E-state index contributed by atoms with van der Waals surface area (Å²) in [5.74, 6) is 1.63. The number of benzene rings is 1. The summed E-state index contributed by atoms with van der Waals surface area (Å²) in [7, 11) is 1.79. The Morgan fingerprint density at radius 1 is 1.15 bits per heavy atom. The summed E-state index contributed by atoms with van der Waals surface area (Å²) >= 11 is 0. The Morgan fingerprint density at radius 2 is 1.89 bits per heavy atom. The molecular formula is C22H29N3O2. The number of hydrogen-bond acceptors (Lipinski definition) is 4. The van der Waals surface area contributed by atoms with Crippen molar-refractivity contribution < 1.29 is 4.74 Å². The van der Waals surface area contributed by atoms with Crippen LogP contribution in [0.15, 0.2) is 35.4 Å². The van der Waals surface area contributed by atoms with Crippen LogP contribution in [-0.4, -0.2) is 22.2 Å². The minimum atomic E-state index is -0.0506. The number of ether oxygens (including phenoxy) is 1. The normalized spacial score (nSPS) is 13.0. The summed E-state index contributed by atoms with van der Waals surface area (Å²) in [6.07, 6.45) is 4.29. The molecule has 0 saturated carbocycles. The van der Waals surface area contributed by atoms with Crippen LogP contribution in [0.4, 0.5) is 0 Å². The first kappa shape index (κ1) is 19.4. The van der Waals surface area contributed by atoms with Crippen molar-refractivity contribution in [1.29, 1.82) is 0 Å². The molecular weight excluding hydrogens is 338 g/mol. The first-order valence-corrected chi connectivity index (χ1v) is 9.58. The fourth-order valence-corrected chi connectivity index (χ4v) is 3.62. The van der Waals surface area contributed by atoms with Gasteiger partial charge in [-0.05, 0) is 41.3 Å². The molecule has 0 bridgehead atoms. The quantitative estimate of drug-likeness (QED) is 0.670. The average Bonchev–Trinajstić information content (AvgIpc) is 2.63. The van der Waals surface area contributed by atoms with Crippen molar-refractivity contribution in [3.05, 3.63) is 46.5 Å². The van der Waals surface area contributed by atoms with E-state index in [2.05, 4.69) is 38.7 Å². The van der Waals surface area contributed by atoms with Crippen LogP contribution in [0, 0.1) is 5.92 Å². The molecule has 0 fully saturated rings. The largest absolute Gasteiger partial charge is 0.492 e. The number of hydrogen-bond donors (Lipinski definition) is 1. The third-order valence-corrected chi connectivity index (χ3v) is 4.98. The highest BCUT2D eigenvalue weighted by molar-refractivity contribution is 6.06. The summed E-state index contributed by atoms with van der Waals surface area (Å²) < 4.78 is 7.79. The van der Waals surface area contributed by atoms with Gasteiger partial charge in [0, 0.05) is 36.9 Å². The third-order valence-electron chi connectivity index (χ3n) is 4.98. The van der Waals surface area contributed by atoms with E-state index in [0.29, 0.717) is 23.8 Å². The molecule has 0 saturated heterocycles. The molecule has 2 heterocycles. The number of nitrogens with zero attached hydrogens (tertiary/aromatic N) is 2. The highest BCUT2D eigenvalue weighted by atomic mass is 16.5. The Bertz CT molecular complexity index is 1020. The van der Waals surface area contributed by atoms with Gasteiger partial charge in [0.25, 0.3) is 5.56 Å². The van der Waals surface area contributed by atoms with Crippen molar-refractivity contribution in [2.75, 3.05) is 6.61 Å². The number of pyridine rings is 2. The molecule has 0 aliphatic carbocycles. The topological polar surface area (TPSA) is 70.1 Å². The van der Waals surface area contributed by atoms with Crippen molar-refractivity contribution >= 4 is 21.7 Å². The second-order valence-electron chi connectivity index (χ2n) is 8.05. The summed E-state index contributed by atoms with van der Waals surface area (Å²) in [6, 6.07) is 6.02. The number of aromatic nitrogens is 2. The first-order chi connectivity index (χ1) is 12.8. The highest BCUT2D eigenvalue weighted by Crippen LogP contribution is 2.33. The molecule has 0 spiro atoms. The van der Waals surface area contributed by atoms with Crippen molar-refractivity contribution in [2.45, 2.75) is 46.1 Å². The maximum absolute atomic E-state index is 12.7. The molecule has 0 amide bonds. The first-order valence-electron chi connectivity index (χ1n) is 9.58. The lowest BCUT2D eigenvalue weighted by atomic mass is 9.97. The van der Waals surface area contributed by atoms with E-state index in [0.717, 1.165) is 34.0 Å². The van der Waals surface area contributed by atoms with Gasteiger partial charge in [0.15, 0.2) is 0 Å². The van der Waals surface area contributed by atoms with E-state index in [9.17, 15) is 4.79 Å². The van der Waals surface area contributed by atoms with E-state index in [4.69, 9.17) is 10.5 Å². The van der Waals surface area contributed by atoms with Gasteiger partial charge in [0.05, 0.1) is 10.9 Å². The molecule has 5 heteroatoms. The minimum Gasteiger partial charge on any atom is -0.492 e. The predicted octanol–water partition coefficient (Wildman–Crippen LogP) is 3.96. The molecule has 1 aromatic carbocycles. The molecule has 1 unspecified atom stereocenters. The molecule has 144 valence electrons. The zero-order valence-corrected chi connectivity index (χ0v) is 16.8. The second-order valence-corrected chi connectivity index (χ2v) is 8.05. The molecule has 0 aliphatic heterocycles. The van der Waals surface area contributed by atoms with Crippen LogP contribution < -0.4 is 16.0 Å². The van der Waals surface area contributed by atoms with Crippen molar-refractivity contribution in [3.8, 4) is 5.75 Å². The van der Waals surface area contributed by atoms with Gasteiger partial charge in [-0.25, -0.2) is 0 Å². The van der Waals surface area contributed by atoms with Gasteiger partial charge >= 0.3 is 0 Å².